The van der Waals surface area contributed by atoms with E-state index in [4.69, 9.17) is 4.74 Å². The van der Waals surface area contributed by atoms with E-state index in [0.29, 0.717) is 11.8 Å². The van der Waals surface area contributed by atoms with Gasteiger partial charge in [-0.05, 0) is 45.4 Å². The van der Waals surface area contributed by atoms with Gasteiger partial charge in [0.15, 0.2) is 0 Å². The van der Waals surface area contributed by atoms with Gasteiger partial charge in [-0.15, -0.1) is 0 Å². The number of carbonyl (C=O) groups is 2. The van der Waals surface area contributed by atoms with Crippen LogP contribution in [0.1, 0.15) is 33.6 Å². The Kier molecular flexibility index (Phi) is 1.76. The van der Waals surface area contributed by atoms with Crippen molar-refractivity contribution in [2.75, 3.05) is 0 Å². The van der Waals surface area contributed by atoms with Crippen LogP contribution in [-0.4, -0.2) is 28.5 Å². The molecule has 1 aliphatic heterocycles. The smallest absolute Gasteiger partial charge is 0.417 e. The summed E-state index contributed by atoms with van der Waals surface area (Å²) in [6, 6.07) is 0.136. The van der Waals surface area contributed by atoms with Crippen LogP contribution in [0.25, 0.3) is 0 Å². The van der Waals surface area contributed by atoms with Crippen LogP contribution in [0.3, 0.4) is 0 Å². The Hall–Kier alpha value is -1.06. The second-order valence-electron chi connectivity index (χ2n) is 6.16. The normalized spacial score (nSPS) is 39.9. The van der Waals surface area contributed by atoms with Crippen molar-refractivity contribution >= 4 is 12.0 Å². The molecule has 3 rings (SSSR count). The maximum absolute atomic E-state index is 12.0. The van der Waals surface area contributed by atoms with Crippen molar-refractivity contribution in [3.8, 4) is 0 Å². The number of piperidine rings is 1. The molecular weight excluding hydrogens is 206 g/mol. The summed E-state index contributed by atoms with van der Waals surface area (Å²) in [6.07, 6.45) is 1.55. The van der Waals surface area contributed by atoms with Gasteiger partial charge in [0.05, 0.1) is 0 Å². The van der Waals surface area contributed by atoms with E-state index in [2.05, 4.69) is 0 Å². The summed E-state index contributed by atoms with van der Waals surface area (Å²) in [5, 5.41) is 0. The standard InChI is InChI=1S/C12H17NO3/c1-12(2,3)16-11(15)13-9-5-8(10(13)14)6-4-7(6)9/h6-9H,4-5H2,1-3H3/t6-,7+,8-,9+/m0/s1. The Morgan fingerprint density at radius 1 is 1.31 bits per heavy atom. The zero-order valence-corrected chi connectivity index (χ0v) is 9.90. The van der Waals surface area contributed by atoms with Crippen LogP contribution in [0.5, 0.6) is 0 Å². The first-order chi connectivity index (χ1) is 7.38. The van der Waals surface area contributed by atoms with Crippen LogP contribution in [0.15, 0.2) is 0 Å². The molecule has 1 saturated heterocycles. The molecule has 0 N–H and O–H groups in total. The molecule has 16 heavy (non-hydrogen) atoms. The van der Waals surface area contributed by atoms with Crippen LogP contribution in [-0.2, 0) is 9.53 Å². The van der Waals surface area contributed by atoms with Gasteiger partial charge in [0, 0.05) is 12.0 Å². The molecule has 2 saturated carbocycles. The van der Waals surface area contributed by atoms with E-state index in [0.717, 1.165) is 12.8 Å². The van der Waals surface area contributed by atoms with Crippen LogP contribution in [0, 0.1) is 17.8 Å². The summed E-state index contributed by atoms with van der Waals surface area (Å²) in [4.78, 5) is 25.2. The van der Waals surface area contributed by atoms with Gasteiger partial charge in [-0.3, -0.25) is 4.79 Å². The number of carbonyl (C=O) groups excluding carboxylic acids is 2. The average Bonchev–Trinajstić information content (AvgIpc) is 2.74. The van der Waals surface area contributed by atoms with Gasteiger partial charge in [0.1, 0.15) is 5.60 Å². The van der Waals surface area contributed by atoms with Gasteiger partial charge in [-0.25, -0.2) is 9.69 Å². The third-order valence-corrected chi connectivity index (χ3v) is 3.87. The van der Waals surface area contributed by atoms with Crippen LogP contribution >= 0.6 is 0 Å². The van der Waals surface area contributed by atoms with E-state index in [-0.39, 0.29) is 17.9 Å². The number of hydrogen-bond donors (Lipinski definition) is 0. The van der Waals surface area contributed by atoms with Crippen LogP contribution in [0.2, 0.25) is 0 Å². The number of likely N-dealkylation sites (tertiary alicyclic amines) is 1. The van der Waals surface area contributed by atoms with Gasteiger partial charge in [0.25, 0.3) is 0 Å². The SMILES string of the molecule is CC(C)(C)OC(=O)N1C(=O)[C@H]2C[C@@H]1[C@@H]1C[C@@H]12. The number of hydrogen-bond acceptors (Lipinski definition) is 3. The number of nitrogens with zero attached hydrogens (tertiary/aromatic N) is 1. The lowest BCUT2D eigenvalue weighted by atomic mass is 10.1. The second-order valence-corrected chi connectivity index (χ2v) is 6.16. The monoisotopic (exact) mass is 223 g/mol. The molecule has 0 aromatic carbocycles. The minimum Gasteiger partial charge on any atom is -0.443 e. The maximum Gasteiger partial charge on any atom is 0.417 e. The van der Waals surface area contributed by atoms with Crippen molar-refractivity contribution in [3.63, 3.8) is 0 Å². The second kappa shape index (κ2) is 2.79. The highest BCUT2D eigenvalue weighted by atomic mass is 16.6. The zero-order chi connectivity index (χ0) is 11.7. The fourth-order valence-electron chi connectivity index (χ4n) is 3.21. The third-order valence-electron chi connectivity index (χ3n) is 3.87. The fraction of sp³-hybridized carbons (Fsp3) is 0.833. The highest BCUT2D eigenvalue weighted by Crippen LogP contribution is 2.61. The highest BCUT2D eigenvalue weighted by Gasteiger charge is 2.66. The molecule has 0 radical (unpaired) electrons. The minimum atomic E-state index is -0.526. The van der Waals surface area contributed by atoms with Crippen LogP contribution < -0.4 is 0 Å². The summed E-state index contributed by atoms with van der Waals surface area (Å²) in [7, 11) is 0. The Morgan fingerprint density at radius 2 is 2.00 bits per heavy atom. The molecule has 2 bridgehead atoms. The molecule has 3 fully saturated rings. The number of imide groups is 1. The van der Waals surface area contributed by atoms with E-state index < -0.39 is 11.7 Å². The first-order valence-corrected chi connectivity index (χ1v) is 5.94. The van der Waals surface area contributed by atoms with Crippen molar-refractivity contribution in [2.24, 2.45) is 17.8 Å². The molecule has 3 aliphatic rings. The minimum absolute atomic E-state index is 0.00185. The fourth-order valence-corrected chi connectivity index (χ4v) is 3.21. The molecule has 0 unspecified atom stereocenters. The number of fused-ring (bicyclic) bond motifs is 5. The molecule has 4 nitrogen and oxygen atoms in total. The van der Waals surface area contributed by atoms with E-state index in [1.165, 1.54) is 4.90 Å². The van der Waals surface area contributed by atoms with E-state index >= 15 is 0 Å². The third kappa shape index (κ3) is 1.28. The lowest BCUT2D eigenvalue weighted by Crippen LogP contribution is -2.45. The van der Waals surface area contributed by atoms with Crippen molar-refractivity contribution in [1.29, 1.82) is 0 Å². The number of rotatable bonds is 0. The quantitative estimate of drug-likeness (QED) is 0.629. The van der Waals surface area contributed by atoms with Gasteiger partial charge in [-0.1, -0.05) is 0 Å². The Balaban J connectivity index is 1.76. The summed E-state index contributed by atoms with van der Waals surface area (Å²) < 4.78 is 5.28. The predicted octanol–water partition coefficient (Wildman–Crippen LogP) is 1.79. The molecule has 2 amide bonds. The Morgan fingerprint density at radius 3 is 2.56 bits per heavy atom. The summed E-state index contributed by atoms with van der Waals surface area (Å²) >= 11 is 0. The van der Waals surface area contributed by atoms with Gasteiger partial charge >= 0.3 is 6.09 Å². The van der Waals surface area contributed by atoms with Crippen LogP contribution in [0.4, 0.5) is 4.79 Å². The van der Waals surface area contributed by atoms with Crippen molar-refractivity contribution in [3.05, 3.63) is 0 Å². The lowest BCUT2D eigenvalue weighted by Gasteiger charge is -2.28. The van der Waals surface area contributed by atoms with E-state index in [9.17, 15) is 9.59 Å². The molecule has 2 aliphatic carbocycles. The molecule has 0 aromatic rings. The van der Waals surface area contributed by atoms with E-state index in [1.54, 1.807) is 0 Å². The van der Waals surface area contributed by atoms with Gasteiger partial charge < -0.3 is 4.74 Å². The summed E-state index contributed by atoms with van der Waals surface area (Å²) in [5.41, 5.74) is -0.526. The summed E-state index contributed by atoms with van der Waals surface area (Å²) in [5.74, 6) is 1.27. The number of ether oxygens (including phenoxy) is 1. The summed E-state index contributed by atoms with van der Waals surface area (Å²) in [6.45, 7) is 5.47. The topological polar surface area (TPSA) is 46.6 Å². The highest BCUT2D eigenvalue weighted by molar-refractivity contribution is 5.97. The Bertz CT molecular complexity index is 371. The first kappa shape index (κ1) is 10.1. The first-order valence-electron chi connectivity index (χ1n) is 5.94. The maximum atomic E-state index is 12.0. The van der Waals surface area contributed by atoms with Crippen molar-refractivity contribution in [1.82, 2.24) is 4.90 Å². The Labute approximate surface area is 94.9 Å². The molecule has 1 heterocycles. The zero-order valence-electron chi connectivity index (χ0n) is 9.90. The molecule has 0 aromatic heterocycles. The van der Waals surface area contributed by atoms with E-state index in [1.807, 2.05) is 20.8 Å². The molecular formula is C12H17NO3. The van der Waals surface area contributed by atoms with Crippen molar-refractivity contribution < 1.29 is 14.3 Å². The molecule has 0 spiro atoms. The average molecular weight is 223 g/mol. The predicted molar refractivity (Wildman–Crippen MR) is 56.6 cm³/mol. The van der Waals surface area contributed by atoms with Gasteiger partial charge in [-0.2, -0.15) is 0 Å². The van der Waals surface area contributed by atoms with Gasteiger partial charge in [0.2, 0.25) is 5.91 Å². The van der Waals surface area contributed by atoms with Crippen molar-refractivity contribution in [2.45, 2.75) is 45.3 Å². The lowest BCUT2D eigenvalue weighted by molar-refractivity contribution is -0.133. The molecule has 4 atom stereocenters. The largest absolute Gasteiger partial charge is 0.443 e. The molecule has 4 heteroatoms. The molecule has 88 valence electrons. The number of amides is 2.